The summed E-state index contributed by atoms with van der Waals surface area (Å²) in [6, 6.07) is 15.3. The van der Waals surface area contributed by atoms with Crippen LogP contribution in [0.4, 0.5) is 0 Å². The molecule has 2 heterocycles. The Hall–Kier alpha value is -3.39. The lowest BCUT2D eigenvalue weighted by Crippen LogP contribution is -2.40. The number of aromatic amines is 2. The van der Waals surface area contributed by atoms with Crippen LogP contribution in [0.3, 0.4) is 0 Å². The standard InChI is InChI=1S/C23H24N4O3S/c1-14(2)26(12-15-7-5-4-6-8-15)19(28)13-27-22(29)21-20(25-23(27)31)17-11-16(30-3)9-10-18(17)24-21/h4-11,14,24H,12-13H2,1-3H3,(H,25,31). The van der Waals surface area contributed by atoms with Gasteiger partial charge in [-0.1, -0.05) is 30.3 Å². The number of nitrogens with zero attached hydrogens (tertiary/aromatic N) is 2. The van der Waals surface area contributed by atoms with E-state index in [1.54, 1.807) is 12.0 Å². The highest BCUT2D eigenvalue weighted by molar-refractivity contribution is 7.71. The molecule has 0 aliphatic carbocycles. The molecule has 0 aliphatic heterocycles. The van der Waals surface area contributed by atoms with Gasteiger partial charge in [0.2, 0.25) is 5.91 Å². The van der Waals surface area contributed by atoms with Crippen LogP contribution in [0.1, 0.15) is 19.4 Å². The Morgan fingerprint density at radius 2 is 1.87 bits per heavy atom. The van der Waals surface area contributed by atoms with Gasteiger partial charge in [0.05, 0.1) is 12.6 Å². The second-order valence-corrected chi connectivity index (χ2v) is 8.10. The topological polar surface area (TPSA) is 83.1 Å². The largest absolute Gasteiger partial charge is 0.497 e. The summed E-state index contributed by atoms with van der Waals surface area (Å²) in [6.07, 6.45) is 0. The van der Waals surface area contributed by atoms with Gasteiger partial charge in [-0.3, -0.25) is 14.2 Å². The summed E-state index contributed by atoms with van der Waals surface area (Å²) in [5.74, 6) is 0.512. The van der Waals surface area contributed by atoms with Crippen LogP contribution >= 0.6 is 12.2 Å². The number of benzene rings is 2. The van der Waals surface area contributed by atoms with Gasteiger partial charge in [0.15, 0.2) is 4.77 Å². The smallest absolute Gasteiger partial charge is 0.279 e. The molecule has 0 aliphatic rings. The van der Waals surface area contributed by atoms with Crippen LogP contribution in [0.5, 0.6) is 5.75 Å². The zero-order valence-corrected chi connectivity index (χ0v) is 18.5. The summed E-state index contributed by atoms with van der Waals surface area (Å²) in [5, 5.41) is 0.809. The number of carbonyl (C=O) groups excluding carboxylic acids is 1. The molecule has 4 rings (SSSR count). The molecule has 0 spiro atoms. The molecular formula is C23H24N4O3S. The number of hydrogen-bond acceptors (Lipinski definition) is 4. The lowest BCUT2D eigenvalue weighted by Gasteiger charge is -2.27. The average Bonchev–Trinajstić information content (AvgIpc) is 3.13. The highest BCUT2D eigenvalue weighted by atomic mass is 32.1. The van der Waals surface area contributed by atoms with Crippen LogP contribution in [-0.4, -0.2) is 38.5 Å². The molecule has 8 heteroatoms. The second-order valence-electron chi connectivity index (χ2n) is 7.71. The zero-order chi connectivity index (χ0) is 22.1. The van der Waals surface area contributed by atoms with Gasteiger partial charge >= 0.3 is 0 Å². The second kappa shape index (κ2) is 8.39. The number of amides is 1. The van der Waals surface area contributed by atoms with Gasteiger partial charge in [0, 0.05) is 23.5 Å². The molecule has 160 valence electrons. The Bertz CT molecular complexity index is 1370. The van der Waals surface area contributed by atoms with E-state index in [0.717, 1.165) is 16.5 Å². The molecule has 2 aromatic carbocycles. The Morgan fingerprint density at radius 3 is 2.55 bits per heavy atom. The zero-order valence-electron chi connectivity index (χ0n) is 17.6. The molecule has 2 N–H and O–H groups in total. The van der Waals surface area contributed by atoms with Crippen LogP contribution in [0.25, 0.3) is 21.9 Å². The van der Waals surface area contributed by atoms with Crippen molar-refractivity contribution in [3.8, 4) is 5.75 Å². The predicted molar refractivity (Wildman–Crippen MR) is 124 cm³/mol. The average molecular weight is 437 g/mol. The van der Waals surface area contributed by atoms with Crippen LogP contribution in [-0.2, 0) is 17.9 Å². The molecule has 7 nitrogen and oxygen atoms in total. The molecule has 0 atom stereocenters. The van der Waals surface area contributed by atoms with E-state index in [2.05, 4.69) is 9.97 Å². The Balaban J connectivity index is 1.72. The number of fused-ring (bicyclic) bond motifs is 3. The van der Waals surface area contributed by atoms with Gasteiger partial charge in [0.25, 0.3) is 5.56 Å². The summed E-state index contributed by atoms with van der Waals surface area (Å²) < 4.78 is 6.81. The first-order valence-corrected chi connectivity index (χ1v) is 10.5. The summed E-state index contributed by atoms with van der Waals surface area (Å²) in [4.78, 5) is 34.3. The van der Waals surface area contributed by atoms with Gasteiger partial charge in [-0.2, -0.15) is 0 Å². The third kappa shape index (κ3) is 3.98. The van der Waals surface area contributed by atoms with E-state index in [9.17, 15) is 9.59 Å². The highest BCUT2D eigenvalue weighted by Crippen LogP contribution is 2.25. The number of H-pyrrole nitrogens is 2. The van der Waals surface area contributed by atoms with E-state index in [1.165, 1.54) is 4.57 Å². The van der Waals surface area contributed by atoms with E-state index in [1.807, 2.05) is 62.4 Å². The molecule has 1 amide bonds. The van der Waals surface area contributed by atoms with Crippen molar-refractivity contribution in [2.24, 2.45) is 0 Å². The minimum absolute atomic E-state index is 0.0229. The minimum Gasteiger partial charge on any atom is -0.497 e. The Morgan fingerprint density at radius 1 is 1.13 bits per heavy atom. The van der Waals surface area contributed by atoms with E-state index < -0.39 is 0 Å². The first-order valence-electron chi connectivity index (χ1n) is 10.0. The van der Waals surface area contributed by atoms with Gasteiger partial charge < -0.3 is 19.6 Å². The predicted octanol–water partition coefficient (Wildman–Crippen LogP) is 3.99. The minimum atomic E-state index is -0.328. The fourth-order valence-electron chi connectivity index (χ4n) is 3.70. The number of hydrogen-bond donors (Lipinski definition) is 2. The van der Waals surface area contributed by atoms with E-state index in [4.69, 9.17) is 17.0 Å². The lowest BCUT2D eigenvalue weighted by atomic mass is 10.2. The molecule has 31 heavy (non-hydrogen) atoms. The maximum atomic E-state index is 13.2. The van der Waals surface area contributed by atoms with Crippen molar-refractivity contribution in [2.45, 2.75) is 33.0 Å². The van der Waals surface area contributed by atoms with Crippen LogP contribution in [0.15, 0.2) is 53.3 Å². The first-order chi connectivity index (χ1) is 14.9. The summed E-state index contributed by atoms with van der Waals surface area (Å²) in [5.41, 5.74) is 2.48. The summed E-state index contributed by atoms with van der Waals surface area (Å²) in [7, 11) is 1.59. The van der Waals surface area contributed by atoms with E-state index in [0.29, 0.717) is 23.3 Å². The Kier molecular flexibility index (Phi) is 5.65. The van der Waals surface area contributed by atoms with Gasteiger partial charge in [-0.05, 0) is 49.8 Å². The normalized spacial score (nSPS) is 11.4. The van der Waals surface area contributed by atoms with Gasteiger partial charge in [-0.25, -0.2) is 0 Å². The summed E-state index contributed by atoms with van der Waals surface area (Å²) >= 11 is 5.45. The monoisotopic (exact) mass is 436 g/mol. The fraction of sp³-hybridized carbons (Fsp3) is 0.261. The van der Waals surface area contributed by atoms with E-state index >= 15 is 0 Å². The third-order valence-electron chi connectivity index (χ3n) is 5.37. The van der Waals surface area contributed by atoms with E-state index in [-0.39, 0.29) is 28.8 Å². The maximum Gasteiger partial charge on any atom is 0.279 e. The quantitative estimate of drug-likeness (QED) is 0.448. The SMILES string of the molecule is COc1ccc2[nH]c3c(=O)n(CC(=O)N(Cc4ccccc4)C(C)C)c(=S)[nH]c3c2c1. The fourth-order valence-corrected chi connectivity index (χ4v) is 3.95. The first kappa shape index (κ1) is 20.9. The number of ether oxygens (including phenoxy) is 1. The van der Waals surface area contributed by atoms with Crippen LogP contribution in [0.2, 0.25) is 0 Å². The molecule has 2 aromatic heterocycles. The number of aromatic nitrogens is 3. The summed E-state index contributed by atoms with van der Waals surface area (Å²) in [6.45, 7) is 4.25. The Labute approximate surface area is 184 Å². The van der Waals surface area contributed by atoms with Crippen LogP contribution < -0.4 is 10.3 Å². The van der Waals surface area contributed by atoms with Gasteiger partial charge in [0.1, 0.15) is 17.8 Å². The lowest BCUT2D eigenvalue weighted by molar-refractivity contribution is -0.134. The van der Waals surface area contributed by atoms with Crippen molar-refractivity contribution in [3.63, 3.8) is 0 Å². The maximum absolute atomic E-state index is 13.2. The van der Waals surface area contributed by atoms with Gasteiger partial charge in [-0.15, -0.1) is 0 Å². The highest BCUT2D eigenvalue weighted by Gasteiger charge is 2.20. The molecule has 0 saturated heterocycles. The molecule has 0 fully saturated rings. The molecule has 0 saturated carbocycles. The number of nitrogens with one attached hydrogen (secondary N) is 2. The van der Waals surface area contributed by atoms with Crippen molar-refractivity contribution < 1.29 is 9.53 Å². The number of rotatable bonds is 6. The molecular weight excluding hydrogens is 412 g/mol. The molecule has 0 bridgehead atoms. The molecule has 0 radical (unpaired) electrons. The molecule has 0 unspecified atom stereocenters. The van der Waals surface area contributed by atoms with Crippen molar-refractivity contribution in [1.82, 2.24) is 19.4 Å². The number of carbonyl (C=O) groups is 1. The van der Waals surface area contributed by atoms with Crippen molar-refractivity contribution in [2.75, 3.05) is 7.11 Å². The van der Waals surface area contributed by atoms with Crippen molar-refractivity contribution in [3.05, 3.63) is 69.2 Å². The molecule has 4 aromatic rings. The third-order valence-corrected chi connectivity index (χ3v) is 5.70. The van der Waals surface area contributed by atoms with Crippen molar-refractivity contribution >= 4 is 40.1 Å². The number of methoxy groups -OCH3 is 1. The van der Waals surface area contributed by atoms with Crippen LogP contribution in [0, 0.1) is 4.77 Å². The van der Waals surface area contributed by atoms with Crippen molar-refractivity contribution in [1.29, 1.82) is 0 Å².